The molecule has 0 saturated carbocycles. The van der Waals surface area contributed by atoms with Crippen molar-refractivity contribution in [2.75, 3.05) is 86.8 Å². The summed E-state index contributed by atoms with van der Waals surface area (Å²) in [5.74, 6) is -8.46. The fourth-order valence-electron chi connectivity index (χ4n) is 11.7. The molecule has 3 aliphatic heterocycles. The summed E-state index contributed by atoms with van der Waals surface area (Å²) in [5, 5.41) is 45.2. The molecule has 0 bridgehead atoms. The molecule has 10 N–H and O–H groups in total. The number of amides is 6. The number of carbonyl (C=O) groups is 8. The molecule has 4 heterocycles. The van der Waals surface area contributed by atoms with E-state index >= 15 is 0 Å². The number of aromatic nitrogens is 2. The van der Waals surface area contributed by atoms with Crippen LogP contribution in [0.3, 0.4) is 0 Å². The van der Waals surface area contributed by atoms with Crippen molar-refractivity contribution in [1.29, 1.82) is 0 Å². The molecule has 498 valence electrons. The van der Waals surface area contributed by atoms with Crippen LogP contribution in [0.1, 0.15) is 110 Å². The number of hydrazine groups is 1. The van der Waals surface area contributed by atoms with Gasteiger partial charge < -0.3 is 84.4 Å². The minimum Gasteiger partial charge on any atom is -0.507 e. The standard InChI is InChI=1S/C60H73Br2N9O21/c1-29(65-56(80)36(23-42(63)72)68-43(73)10-13-85-16-18-87-20-21-88-19-17-86-14-11-64-55(79)31-8-9-34-35(22-31)67-38(28-62)37(27-61)66-34)54(78)69-70-59(81)60(82)25-33-46(52(77)48-47(50(33)75)49(74)32-6-5-7-40(83-3)45(32)51(48)76)41(26-60)91-44-24-39-53(30(2)90-44)92-57-58(84-4)89-15-12-71(39)57/h5-9,22,29-30,36,39,41,44,53,57-58,75,77,82H,10-21,23-28H2,1-4H3,(H2,63,72)(H,64,79)(H,65,80)(H,68,73)(H,69,78)(H,70,81)/t29-,30-,36-,39-,41-,44-,53+,57+,58-,60-/m0/s1. The SMILES string of the molecule is COc1cccc2c1C(=O)c1c(O)c3c(c(O)c1C2=O)C[C@@](O)(C(=O)NNC(=O)[C@H](C)NC(=O)[C@H](CC(N)=O)NC(=O)CCOCCOCCOCCOCCNC(=O)c1ccc2nc(CBr)c(CBr)nc2c1)C[C@@H]3O[C@H]1C[C@H]2[C@H](O[C@@H]3[C@@H](OC)OCCN32)[C@H](C)O1. The third kappa shape index (κ3) is 15.7. The first-order valence-corrected chi connectivity index (χ1v) is 31.9. The maximum atomic E-state index is 14.3. The molecule has 2 aliphatic carbocycles. The minimum atomic E-state index is -2.60. The highest BCUT2D eigenvalue weighted by atomic mass is 79.9. The van der Waals surface area contributed by atoms with Crippen LogP contribution in [0.4, 0.5) is 0 Å². The third-order valence-corrected chi connectivity index (χ3v) is 17.2. The Labute approximate surface area is 544 Å². The minimum absolute atomic E-state index is 0.0315. The highest BCUT2D eigenvalue weighted by Crippen LogP contribution is 2.53. The topological polar surface area (TPSA) is 405 Å². The van der Waals surface area contributed by atoms with E-state index in [2.05, 4.69) is 73.5 Å². The smallest absolute Gasteiger partial charge is 0.270 e. The molecule has 30 nitrogen and oxygen atoms in total. The van der Waals surface area contributed by atoms with E-state index in [1.54, 1.807) is 25.1 Å². The Bertz CT molecular complexity index is 3440. The van der Waals surface area contributed by atoms with Gasteiger partial charge in [-0.05, 0) is 38.1 Å². The Balaban J connectivity index is 0.717. The molecule has 4 aromatic rings. The van der Waals surface area contributed by atoms with E-state index < -0.39 is 138 Å². The number of phenolic OH excluding ortho intramolecular Hbond substituents is 2. The molecule has 0 spiro atoms. The molecule has 32 heteroatoms. The number of methoxy groups -OCH3 is 2. The number of halogens is 2. The number of benzene rings is 3. The lowest BCUT2D eigenvalue weighted by Gasteiger charge is -2.43. The van der Waals surface area contributed by atoms with Crippen molar-refractivity contribution >= 4 is 89.9 Å². The number of phenols is 2. The lowest BCUT2D eigenvalue weighted by molar-refractivity contribution is -0.256. The lowest BCUT2D eigenvalue weighted by Crippen LogP contribution is -2.60. The van der Waals surface area contributed by atoms with Gasteiger partial charge >= 0.3 is 0 Å². The van der Waals surface area contributed by atoms with E-state index in [4.69, 9.17) is 53.1 Å². The average molecular weight is 1420 g/mol. The van der Waals surface area contributed by atoms with Crippen LogP contribution in [0.25, 0.3) is 11.0 Å². The number of rotatable bonds is 29. The van der Waals surface area contributed by atoms with Crippen LogP contribution in [-0.2, 0) is 83.7 Å². The third-order valence-electron chi connectivity index (χ3n) is 16.2. The fourth-order valence-corrected chi connectivity index (χ4v) is 12.5. The molecule has 5 aliphatic rings. The van der Waals surface area contributed by atoms with E-state index in [0.29, 0.717) is 40.4 Å². The Morgan fingerprint density at radius 3 is 2.17 bits per heavy atom. The lowest BCUT2D eigenvalue weighted by atomic mass is 9.72. The van der Waals surface area contributed by atoms with Gasteiger partial charge in [0.05, 0.1) is 124 Å². The Kier molecular flexibility index (Phi) is 23.6. The summed E-state index contributed by atoms with van der Waals surface area (Å²) < 4.78 is 57.9. The summed E-state index contributed by atoms with van der Waals surface area (Å²) in [6.45, 7) is 5.62. The number of nitrogens with two attached hydrogens (primary N) is 1. The maximum Gasteiger partial charge on any atom is 0.270 e. The quantitative estimate of drug-likeness (QED) is 0.0138. The number of ketones is 2. The van der Waals surface area contributed by atoms with E-state index in [1.165, 1.54) is 39.3 Å². The summed E-state index contributed by atoms with van der Waals surface area (Å²) in [6.07, 6.45) is -7.21. The Morgan fingerprint density at radius 2 is 1.50 bits per heavy atom. The van der Waals surface area contributed by atoms with Crippen LogP contribution in [0.15, 0.2) is 36.4 Å². The zero-order valence-electron chi connectivity index (χ0n) is 50.8. The first-order chi connectivity index (χ1) is 44.2. The number of nitrogens with one attached hydrogen (secondary N) is 5. The number of hydrogen-bond acceptors (Lipinski definition) is 24. The number of aromatic hydroxyl groups is 2. The van der Waals surface area contributed by atoms with Gasteiger partial charge in [-0.25, -0.2) is 9.97 Å². The van der Waals surface area contributed by atoms with Crippen molar-refractivity contribution in [3.63, 3.8) is 0 Å². The highest BCUT2D eigenvalue weighted by Gasteiger charge is 2.55. The van der Waals surface area contributed by atoms with Gasteiger partial charge in [0.15, 0.2) is 30.2 Å². The van der Waals surface area contributed by atoms with Crippen molar-refractivity contribution in [1.82, 2.24) is 41.7 Å². The Hall–Kier alpha value is -6.92. The van der Waals surface area contributed by atoms with Crippen molar-refractivity contribution in [2.24, 2.45) is 5.73 Å². The predicted molar refractivity (Wildman–Crippen MR) is 326 cm³/mol. The molecule has 3 fully saturated rings. The summed E-state index contributed by atoms with van der Waals surface area (Å²) in [7, 11) is 2.79. The molecule has 1 aromatic heterocycles. The van der Waals surface area contributed by atoms with Gasteiger partial charge in [-0.3, -0.25) is 54.1 Å². The fraction of sp³-hybridized carbons (Fsp3) is 0.533. The van der Waals surface area contributed by atoms with E-state index in [-0.39, 0.29) is 112 Å². The van der Waals surface area contributed by atoms with E-state index in [9.17, 15) is 53.7 Å². The summed E-state index contributed by atoms with van der Waals surface area (Å²) in [5.41, 5.74) is 8.49. The van der Waals surface area contributed by atoms with Crippen molar-refractivity contribution in [3.05, 3.63) is 86.7 Å². The van der Waals surface area contributed by atoms with Crippen molar-refractivity contribution in [2.45, 2.75) is 117 Å². The molecule has 10 atom stereocenters. The largest absolute Gasteiger partial charge is 0.507 e. The second kappa shape index (κ2) is 31.3. The molecule has 9 rings (SSSR count). The molecule has 3 saturated heterocycles. The van der Waals surface area contributed by atoms with Crippen LogP contribution in [0.2, 0.25) is 0 Å². The van der Waals surface area contributed by atoms with Crippen LogP contribution >= 0.6 is 31.9 Å². The molecule has 0 unspecified atom stereocenters. The number of ether oxygens (including phenoxy) is 10. The summed E-state index contributed by atoms with van der Waals surface area (Å²) in [6, 6.07) is 6.12. The number of fused-ring (bicyclic) bond motifs is 7. The molecule has 0 radical (unpaired) electrons. The van der Waals surface area contributed by atoms with E-state index in [1.807, 2.05) is 0 Å². The number of alkyl halides is 2. The number of aliphatic hydroxyl groups is 1. The van der Waals surface area contributed by atoms with Gasteiger partial charge in [0, 0.05) is 84.8 Å². The normalized spacial score (nSPS) is 23.0. The number of nitrogens with zero attached hydrogens (tertiary/aromatic N) is 3. The van der Waals surface area contributed by atoms with Gasteiger partial charge in [-0.2, -0.15) is 0 Å². The predicted octanol–water partition coefficient (Wildman–Crippen LogP) is 0.782. The van der Waals surface area contributed by atoms with Crippen LogP contribution in [0.5, 0.6) is 17.2 Å². The van der Waals surface area contributed by atoms with Crippen LogP contribution < -0.4 is 37.3 Å². The Morgan fingerprint density at radius 1 is 0.826 bits per heavy atom. The highest BCUT2D eigenvalue weighted by molar-refractivity contribution is 9.09. The summed E-state index contributed by atoms with van der Waals surface area (Å²) in [4.78, 5) is 119. The van der Waals surface area contributed by atoms with Gasteiger partial charge in [0.25, 0.3) is 17.7 Å². The number of carbonyl (C=O) groups excluding carboxylic acids is 8. The van der Waals surface area contributed by atoms with Gasteiger partial charge in [0.1, 0.15) is 35.4 Å². The number of primary amides is 1. The van der Waals surface area contributed by atoms with Crippen LogP contribution in [-0.4, -0.2) is 219 Å². The second-order valence-electron chi connectivity index (χ2n) is 22.2. The van der Waals surface area contributed by atoms with E-state index in [0.717, 1.165) is 11.4 Å². The van der Waals surface area contributed by atoms with Crippen molar-refractivity contribution < 1.29 is 101 Å². The molecule has 3 aromatic carbocycles. The molecule has 92 heavy (non-hydrogen) atoms. The first kappa shape index (κ1) is 69.4. The van der Waals surface area contributed by atoms with Crippen LogP contribution in [0, 0.1) is 0 Å². The zero-order valence-corrected chi connectivity index (χ0v) is 53.9. The van der Waals surface area contributed by atoms with Crippen molar-refractivity contribution in [3.8, 4) is 17.2 Å². The van der Waals surface area contributed by atoms with Gasteiger partial charge in [0.2, 0.25) is 23.5 Å². The number of morpholine rings is 1. The zero-order chi connectivity index (χ0) is 66.0. The number of hydrogen-bond donors (Lipinski definition) is 9. The maximum absolute atomic E-state index is 14.3. The van der Waals surface area contributed by atoms with Gasteiger partial charge in [-0.1, -0.05) is 44.0 Å². The molecule has 6 amide bonds. The van der Waals surface area contributed by atoms with Gasteiger partial charge in [-0.15, -0.1) is 0 Å². The monoisotopic (exact) mass is 1410 g/mol. The first-order valence-electron chi connectivity index (χ1n) is 29.6. The second-order valence-corrected chi connectivity index (χ2v) is 23.3. The molecular formula is C60H73Br2N9O21. The molecular weight excluding hydrogens is 1340 g/mol. The summed E-state index contributed by atoms with van der Waals surface area (Å²) >= 11 is 6.85. The average Bonchev–Trinajstić information content (AvgIpc) is 0.840.